The quantitative estimate of drug-likeness (QED) is 0.775. The Balaban J connectivity index is 1.84. The van der Waals surface area contributed by atoms with Crippen LogP contribution < -0.4 is 20.3 Å². The zero-order chi connectivity index (χ0) is 19.1. The molecule has 2 N–H and O–H groups in total. The summed E-state index contributed by atoms with van der Waals surface area (Å²) in [6, 6.07) is 10.8. The third-order valence-corrected chi connectivity index (χ3v) is 3.42. The number of nitrogens with zero attached hydrogens (tertiary/aromatic N) is 2. The number of nitrogens with one attached hydrogen (secondary N) is 2. The maximum atomic E-state index is 11.9. The number of carbonyl (C=O) groups excluding carboxylic acids is 2. The van der Waals surface area contributed by atoms with E-state index in [9.17, 15) is 9.59 Å². The third kappa shape index (κ3) is 5.77. The topological polar surface area (TPSA) is 83.6 Å². The molecule has 2 rings (SSSR count). The maximum Gasteiger partial charge on any atom is 0.313 e. The van der Waals surface area contributed by atoms with Gasteiger partial charge in [0.15, 0.2) is 0 Å². The molecule has 0 radical (unpaired) electrons. The summed E-state index contributed by atoms with van der Waals surface area (Å²) in [6.45, 7) is 4.17. The summed E-state index contributed by atoms with van der Waals surface area (Å²) in [6.07, 6.45) is 1.61. The number of carbonyl (C=O) groups is 2. The first-order valence-electron chi connectivity index (χ1n) is 8.33. The van der Waals surface area contributed by atoms with Crippen LogP contribution in [0.2, 0.25) is 0 Å². The van der Waals surface area contributed by atoms with Gasteiger partial charge in [0.05, 0.1) is 18.0 Å². The highest BCUT2D eigenvalue weighted by Crippen LogP contribution is 2.14. The summed E-state index contributed by atoms with van der Waals surface area (Å²) in [4.78, 5) is 29.9. The Morgan fingerprint density at radius 2 is 1.77 bits per heavy atom. The molecule has 0 unspecified atom stereocenters. The van der Waals surface area contributed by atoms with Gasteiger partial charge < -0.3 is 20.3 Å². The number of ether oxygens (including phenoxy) is 1. The van der Waals surface area contributed by atoms with Crippen molar-refractivity contribution in [2.75, 3.05) is 24.3 Å². The molecule has 0 aliphatic heterocycles. The highest BCUT2D eigenvalue weighted by Gasteiger charge is 2.13. The predicted octanol–water partition coefficient (Wildman–Crippen LogP) is 2.19. The molecule has 0 aliphatic carbocycles. The fourth-order valence-corrected chi connectivity index (χ4v) is 2.13. The second-order valence-corrected chi connectivity index (χ2v) is 6.25. The van der Waals surface area contributed by atoms with Gasteiger partial charge in [-0.1, -0.05) is 12.1 Å². The lowest BCUT2D eigenvalue weighted by Crippen LogP contribution is -2.35. The molecule has 2 amide bonds. The molecule has 2 aromatic rings. The molecule has 0 atom stereocenters. The van der Waals surface area contributed by atoms with Crippen molar-refractivity contribution in [3.8, 4) is 5.75 Å². The van der Waals surface area contributed by atoms with Crippen LogP contribution in [0.4, 0.5) is 11.5 Å². The molecule has 7 heteroatoms. The van der Waals surface area contributed by atoms with Gasteiger partial charge in [-0.3, -0.25) is 9.59 Å². The van der Waals surface area contributed by atoms with Gasteiger partial charge in [-0.15, -0.1) is 0 Å². The van der Waals surface area contributed by atoms with Crippen LogP contribution in [0.3, 0.4) is 0 Å². The standard InChI is InChI=1S/C19H24N4O3/c1-13(2)26-16-8-5-14(6-9-16)11-21-18(24)19(25)22-15-7-10-17(20-12-15)23(3)4/h5-10,12-13H,11H2,1-4H3,(H,21,24)(H,22,25). The van der Waals surface area contributed by atoms with E-state index < -0.39 is 11.8 Å². The van der Waals surface area contributed by atoms with Crippen molar-refractivity contribution in [1.82, 2.24) is 10.3 Å². The summed E-state index contributed by atoms with van der Waals surface area (Å²) in [7, 11) is 3.74. The van der Waals surface area contributed by atoms with Crippen LogP contribution in [0.25, 0.3) is 0 Å². The summed E-state index contributed by atoms with van der Waals surface area (Å²) >= 11 is 0. The number of hydrogen-bond acceptors (Lipinski definition) is 5. The van der Waals surface area contributed by atoms with Crippen LogP contribution in [-0.2, 0) is 16.1 Å². The van der Waals surface area contributed by atoms with Crippen LogP contribution in [0.5, 0.6) is 5.75 Å². The van der Waals surface area contributed by atoms with E-state index in [4.69, 9.17) is 4.74 Å². The zero-order valence-electron chi connectivity index (χ0n) is 15.4. The number of hydrogen-bond donors (Lipinski definition) is 2. The van der Waals surface area contributed by atoms with Crippen molar-refractivity contribution in [1.29, 1.82) is 0 Å². The van der Waals surface area contributed by atoms with E-state index in [-0.39, 0.29) is 12.6 Å². The third-order valence-electron chi connectivity index (χ3n) is 3.42. The summed E-state index contributed by atoms with van der Waals surface area (Å²) in [5.41, 5.74) is 1.34. The molecule has 26 heavy (non-hydrogen) atoms. The van der Waals surface area contributed by atoms with Crippen molar-refractivity contribution in [3.05, 3.63) is 48.2 Å². The smallest absolute Gasteiger partial charge is 0.313 e. The molecular weight excluding hydrogens is 332 g/mol. The molecule has 138 valence electrons. The van der Waals surface area contributed by atoms with Gasteiger partial charge in [0.25, 0.3) is 0 Å². The van der Waals surface area contributed by atoms with E-state index in [1.54, 1.807) is 12.1 Å². The van der Waals surface area contributed by atoms with Crippen LogP contribution in [0, 0.1) is 0 Å². The van der Waals surface area contributed by atoms with Crippen LogP contribution in [0.15, 0.2) is 42.6 Å². The molecule has 0 saturated heterocycles. The molecular formula is C19H24N4O3. The number of amides is 2. The SMILES string of the molecule is CC(C)Oc1ccc(CNC(=O)C(=O)Nc2ccc(N(C)C)nc2)cc1. The second kappa shape index (κ2) is 8.84. The molecule has 7 nitrogen and oxygen atoms in total. The monoisotopic (exact) mass is 356 g/mol. The Kier molecular flexibility index (Phi) is 6.54. The fraction of sp³-hybridized carbons (Fsp3) is 0.316. The Bertz CT molecular complexity index is 740. The lowest BCUT2D eigenvalue weighted by Gasteiger charge is -2.12. The van der Waals surface area contributed by atoms with E-state index in [2.05, 4.69) is 15.6 Å². The molecule has 1 heterocycles. The van der Waals surface area contributed by atoms with Crippen LogP contribution in [-0.4, -0.2) is 37.0 Å². The van der Waals surface area contributed by atoms with E-state index in [1.165, 1.54) is 6.20 Å². The van der Waals surface area contributed by atoms with Crippen LogP contribution in [0.1, 0.15) is 19.4 Å². The van der Waals surface area contributed by atoms with Gasteiger partial charge in [-0.25, -0.2) is 4.98 Å². The van der Waals surface area contributed by atoms with Crippen molar-refractivity contribution >= 4 is 23.3 Å². The van der Waals surface area contributed by atoms with Gasteiger partial charge >= 0.3 is 11.8 Å². The van der Waals surface area contributed by atoms with Gasteiger partial charge in [-0.2, -0.15) is 0 Å². The van der Waals surface area contributed by atoms with Gasteiger partial charge in [0.1, 0.15) is 11.6 Å². The summed E-state index contributed by atoms with van der Waals surface area (Å²) in [5.74, 6) is 0.0900. The van der Waals surface area contributed by atoms with Gasteiger partial charge in [0, 0.05) is 20.6 Å². The Morgan fingerprint density at radius 1 is 1.08 bits per heavy atom. The first-order chi connectivity index (χ1) is 12.3. The average Bonchev–Trinajstić information content (AvgIpc) is 2.60. The largest absolute Gasteiger partial charge is 0.491 e. The molecule has 1 aromatic heterocycles. The first-order valence-corrected chi connectivity index (χ1v) is 8.33. The lowest BCUT2D eigenvalue weighted by molar-refractivity contribution is -0.136. The average molecular weight is 356 g/mol. The summed E-state index contributed by atoms with van der Waals surface area (Å²) < 4.78 is 5.56. The van der Waals surface area contributed by atoms with E-state index >= 15 is 0 Å². The Hall–Kier alpha value is -3.09. The predicted molar refractivity (Wildman–Crippen MR) is 101 cm³/mol. The van der Waals surface area contributed by atoms with Crippen molar-refractivity contribution in [2.45, 2.75) is 26.5 Å². The number of pyridine rings is 1. The Labute approximate surface area is 153 Å². The number of rotatable bonds is 6. The van der Waals surface area contributed by atoms with Crippen LogP contribution >= 0.6 is 0 Å². The second-order valence-electron chi connectivity index (χ2n) is 6.25. The molecule has 0 spiro atoms. The minimum absolute atomic E-state index is 0.102. The minimum atomic E-state index is -0.732. The van der Waals surface area contributed by atoms with E-state index in [0.29, 0.717) is 5.69 Å². The zero-order valence-corrected chi connectivity index (χ0v) is 15.4. The molecule has 0 bridgehead atoms. The first kappa shape index (κ1) is 19.2. The van der Waals surface area contributed by atoms with Crippen molar-refractivity contribution in [3.63, 3.8) is 0 Å². The van der Waals surface area contributed by atoms with Crippen molar-refractivity contribution < 1.29 is 14.3 Å². The Morgan fingerprint density at radius 3 is 2.31 bits per heavy atom. The molecule has 0 fully saturated rings. The molecule has 1 aromatic carbocycles. The number of anilines is 2. The van der Waals surface area contributed by atoms with E-state index in [1.807, 2.05) is 57.1 Å². The van der Waals surface area contributed by atoms with Crippen molar-refractivity contribution in [2.24, 2.45) is 0 Å². The minimum Gasteiger partial charge on any atom is -0.491 e. The summed E-state index contributed by atoms with van der Waals surface area (Å²) in [5, 5.41) is 5.11. The fourth-order valence-electron chi connectivity index (χ4n) is 2.13. The maximum absolute atomic E-state index is 11.9. The van der Waals surface area contributed by atoms with E-state index in [0.717, 1.165) is 17.1 Å². The highest BCUT2D eigenvalue weighted by molar-refractivity contribution is 6.39. The number of aromatic nitrogens is 1. The normalized spacial score (nSPS) is 10.3. The molecule has 0 aliphatic rings. The number of benzene rings is 1. The van der Waals surface area contributed by atoms with Gasteiger partial charge in [0.2, 0.25) is 0 Å². The molecule has 0 saturated carbocycles. The van der Waals surface area contributed by atoms with Gasteiger partial charge in [-0.05, 0) is 43.7 Å². The lowest BCUT2D eigenvalue weighted by atomic mass is 10.2. The highest BCUT2D eigenvalue weighted by atomic mass is 16.5.